The molecule has 0 saturated carbocycles. The molecule has 2 atom stereocenters. The fourth-order valence-electron chi connectivity index (χ4n) is 3.23. The van der Waals surface area contributed by atoms with Crippen molar-refractivity contribution in [1.82, 2.24) is 5.32 Å². The Hall–Kier alpha value is -1.06. The van der Waals surface area contributed by atoms with E-state index in [4.69, 9.17) is 9.47 Å². The minimum absolute atomic E-state index is 0.283. The van der Waals surface area contributed by atoms with Crippen LogP contribution < -0.4 is 10.1 Å². The maximum atomic E-state index is 6.11. The van der Waals surface area contributed by atoms with Crippen LogP contribution in [0.4, 0.5) is 0 Å². The van der Waals surface area contributed by atoms with E-state index >= 15 is 0 Å². The predicted octanol–water partition coefficient (Wildman–Crippen LogP) is 2.39. The summed E-state index contributed by atoms with van der Waals surface area (Å²) in [5.41, 5.74) is 1.35. The molecular formula is C16H23NO2. The number of rotatable bonds is 4. The number of nitrogens with one attached hydrogen (secondary N) is 1. The quantitative estimate of drug-likeness (QED) is 0.903. The summed E-state index contributed by atoms with van der Waals surface area (Å²) in [6, 6.07) is 8.84. The first-order chi connectivity index (χ1) is 9.36. The van der Waals surface area contributed by atoms with E-state index in [2.05, 4.69) is 30.6 Å². The molecule has 0 bridgehead atoms. The largest absolute Gasteiger partial charge is 0.488 e. The Labute approximate surface area is 115 Å². The van der Waals surface area contributed by atoms with E-state index in [-0.39, 0.29) is 6.10 Å². The first-order valence-corrected chi connectivity index (χ1v) is 7.36. The normalized spacial score (nSPS) is 24.8. The molecule has 0 aromatic heterocycles. The summed E-state index contributed by atoms with van der Waals surface area (Å²) in [6.45, 7) is 1.85. The van der Waals surface area contributed by atoms with Crippen molar-refractivity contribution in [2.45, 2.75) is 37.8 Å². The average Bonchev–Trinajstić information content (AvgIpc) is 2.89. The molecule has 1 aromatic rings. The summed E-state index contributed by atoms with van der Waals surface area (Å²) in [4.78, 5) is 0. The van der Waals surface area contributed by atoms with Gasteiger partial charge in [0.15, 0.2) is 0 Å². The molecule has 0 aliphatic carbocycles. The Kier molecular flexibility index (Phi) is 4.04. The average molecular weight is 261 g/mol. The summed E-state index contributed by atoms with van der Waals surface area (Å²) in [7, 11) is 2.05. The first-order valence-electron chi connectivity index (χ1n) is 7.36. The van der Waals surface area contributed by atoms with E-state index in [1.807, 2.05) is 6.07 Å². The van der Waals surface area contributed by atoms with Crippen molar-refractivity contribution < 1.29 is 9.47 Å². The van der Waals surface area contributed by atoms with Crippen LogP contribution in [0.5, 0.6) is 5.75 Å². The van der Waals surface area contributed by atoms with Gasteiger partial charge in [-0.1, -0.05) is 18.2 Å². The van der Waals surface area contributed by atoms with Crippen LogP contribution in [0.3, 0.4) is 0 Å². The Balaban J connectivity index is 1.61. The molecular weight excluding hydrogens is 238 g/mol. The van der Waals surface area contributed by atoms with Gasteiger partial charge in [-0.15, -0.1) is 0 Å². The lowest BCUT2D eigenvalue weighted by Crippen LogP contribution is -2.42. The maximum Gasteiger partial charge on any atom is 0.123 e. The van der Waals surface area contributed by atoms with Gasteiger partial charge >= 0.3 is 0 Å². The van der Waals surface area contributed by atoms with Gasteiger partial charge in [-0.3, -0.25) is 0 Å². The van der Waals surface area contributed by atoms with Gasteiger partial charge in [0.2, 0.25) is 0 Å². The van der Waals surface area contributed by atoms with Crippen molar-refractivity contribution in [1.29, 1.82) is 0 Å². The Morgan fingerprint density at radius 3 is 2.79 bits per heavy atom. The monoisotopic (exact) mass is 261 g/mol. The molecule has 2 aliphatic rings. The van der Waals surface area contributed by atoms with Gasteiger partial charge in [0.1, 0.15) is 11.9 Å². The lowest BCUT2D eigenvalue weighted by atomic mass is 9.89. The van der Waals surface area contributed by atoms with Gasteiger partial charge in [0, 0.05) is 25.7 Å². The van der Waals surface area contributed by atoms with Gasteiger partial charge in [0.25, 0.3) is 0 Å². The van der Waals surface area contributed by atoms with E-state index < -0.39 is 0 Å². The van der Waals surface area contributed by atoms with Gasteiger partial charge in [-0.25, -0.2) is 0 Å². The third-order valence-electron chi connectivity index (χ3n) is 4.42. The summed E-state index contributed by atoms with van der Waals surface area (Å²) in [5, 5.41) is 3.46. The second-order valence-electron chi connectivity index (χ2n) is 5.65. The number of para-hydroxylation sites is 1. The SMILES string of the molecule is CNC(CC1CCOCC1)C1Cc2ccccc2O1. The molecule has 3 nitrogen and oxygen atoms in total. The Bertz CT molecular complexity index is 390. The van der Waals surface area contributed by atoms with E-state index in [9.17, 15) is 0 Å². The zero-order chi connectivity index (χ0) is 13.1. The van der Waals surface area contributed by atoms with Crippen molar-refractivity contribution >= 4 is 0 Å². The number of benzene rings is 1. The van der Waals surface area contributed by atoms with Crippen LogP contribution in [0.25, 0.3) is 0 Å². The van der Waals surface area contributed by atoms with Crippen LogP contribution in [0.2, 0.25) is 0 Å². The molecule has 0 spiro atoms. The highest BCUT2D eigenvalue weighted by Crippen LogP contribution is 2.32. The van der Waals surface area contributed by atoms with Gasteiger partial charge in [-0.05, 0) is 43.9 Å². The zero-order valence-corrected chi connectivity index (χ0v) is 11.6. The lowest BCUT2D eigenvalue weighted by molar-refractivity contribution is 0.0538. The van der Waals surface area contributed by atoms with Crippen LogP contribution in [0.1, 0.15) is 24.8 Å². The highest BCUT2D eigenvalue weighted by Gasteiger charge is 2.31. The molecule has 2 heterocycles. The molecule has 19 heavy (non-hydrogen) atoms. The molecule has 1 saturated heterocycles. The van der Waals surface area contributed by atoms with Crippen molar-refractivity contribution in [2.24, 2.45) is 5.92 Å². The van der Waals surface area contributed by atoms with E-state index in [1.54, 1.807) is 0 Å². The van der Waals surface area contributed by atoms with Gasteiger partial charge in [0.05, 0.1) is 0 Å². The Morgan fingerprint density at radius 1 is 1.26 bits per heavy atom. The van der Waals surface area contributed by atoms with Crippen LogP contribution in [0.15, 0.2) is 24.3 Å². The van der Waals surface area contributed by atoms with Crippen LogP contribution in [0, 0.1) is 5.92 Å². The predicted molar refractivity (Wildman–Crippen MR) is 75.6 cm³/mol. The molecule has 1 fully saturated rings. The molecule has 1 N–H and O–H groups in total. The van der Waals surface area contributed by atoms with Crippen LogP contribution in [-0.4, -0.2) is 32.4 Å². The lowest BCUT2D eigenvalue weighted by Gasteiger charge is -2.29. The summed E-state index contributed by atoms with van der Waals surface area (Å²) in [6.07, 6.45) is 4.89. The molecule has 2 unspecified atom stereocenters. The molecule has 0 amide bonds. The number of likely N-dealkylation sites (N-methyl/N-ethyl adjacent to an activating group) is 1. The fraction of sp³-hybridized carbons (Fsp3) is 0.625. The fourth-order valence-corrected chi connectivity index (χ4v) is 3.23. The van der Waals surface area contributed by atoms with Crippen LogP contribution >= 0.6 is 0 Å². The van der Waals surface area contributed by atoms with Crippen molar-refractivity contribution in [3.63, 3.8) is 0 Å². The van der Waals surface area contributed by atoms with E-state index in [0.29, 0.717) is 6.04 Å². The third-order valence-corrected chi connectivity index (χ3v) is 4.42. The standard InChI is InChI=1S/C16H23NO2/c1-17-14(10-12-6-8-18-9-7-12)16-11-13-4-2-3-5-15(13)19-16/h2-5,12,14,16-17H,6-11H2,1H3. The molecule has 3 rings (SSSR count). The van der Waals surface area contributed by atoms with Crippen molar-refractivity contribution in [2.75, 3.05) is 20.3 Å². The summed E-state index contributed by atoms with van der Waals surface area (Å²) >= 11 is 0. The number of fused-ring (bicyclic) bond motifs is 1. The topological polar surface area (TPSA) is 30.5 Å². The number of ether oxygens (including phenoxy) is 2. The minimum Gasteiger partial charge on any atom is -0.488 e. The third kappa shape index (κ3) is 2.93. The zero-order valence-electron chi connectivity index (χ0n) is 11.6. The molecule has 3 heteroatoms. The smallest absolute Gasteiger partial charge is 0.123 e. The number of hydrogen-bond acceptors (Lipinski definition) is 3. The van der Waals surface area contributed by atoms with Gasteiger partial charge < -0.3 is 14.8 Å². The molecule has 2 aliphatic heterocycles. The first kappa shape index (κ1) is 12.9. The second-order valence-corrected chi connectivity index (χ2v) is 5.65. The highest BCUT2D eigenvalue weighted by atomic mass is 16.5. The molecule has 0 radical (unpaired) electrons. The Morgan fingerprint density at radius 2 is 2.05 bits per heavy atom. The van der Waals surface area contributed by atoms with Crippen molar-refractivity contribution in [3.05, 3.63) is 29.8 Å². The molecule has 1 aromatic carbocycles. The minimum atomic E-state index is 0.283. The molecule has 104 valence electrons. The second kappa shape index (κ2) is 5.93. The summed E-state index contributed by atoms with van der Waals surface area (Å²) < 4.78 is 11.5. The van der Waals surface area contributed by atoms with E-state index in [1.165, 1.54) is 24.8 Å². The summed E-state index contributed by atoms with van der Waals surface area (Å²) in [5.74, 6) is 1.85. The van der Waals surface area contributed by atoms with Crippen molar-refractivity contribution in [3.8, 4) is 5.75 Å². The highest BCUT2D eigenvalue weighted by molar-refractivity contribution is 5.37. The number of hydrogen-bond donors (Lipinski definition) is 1. The van der Waals surface area contributed by atoms with Gasteiger partial charge in [-0.2, -0.15) is 0 Å². The maximum absolute atomic E-state index is 6.11. The van der Waals surface area contributed by atoms with E-state index in [0.717, 1.165) is 31.3 Å². The van der Waals surface area contributed by atoms with Crippen LogP contribution in [-0.2, 0) is 11.2 Å².